The molecule has 18 heavy (non-hydrogen) atoms. The summed E-state index contributed by atoms with van der Waals surface area (Å²) >= 11 is 5.87. The summed E-state index contributed by atoms with van der Waals surface area (Å²) in [5.41, 5.74) is 6.88. The lowest BCUT2D eigenvalue weighted by atomic mass is 9.97. The van der Waals surface area contributed by atoms with Gasteiger partial charge in [-0.1, -0.05) is 35.9 Å². The smallest absolute Gasteiger partial charge is 0.221 e. The van der Waals surface area contributed by atoms with Crippen molar-refractivity contribution in [3.8, 4) is 11.1 Å². The Bertz CT molecular complexity index is 598. The van der Waals surface area contributed by atoms with Gasteiger partial charge in [-0.2, -0.15) is 0 Å². The van der Waals surface area contributed by atoms with Gasteiger partial charge in [-0.05, 0) is 29.3 Å². The summed E-state index contributed by atoms with van der Waals surface area (Å²) in [5.74, 6) is -0.832. The van der Waals surface area contributed by atoms with Gasteiger partial charge >= 0.3 is 0 Å². The zero-order chi connectivity index (χ0) is 13.1. The summed E-state index contributed by atoms with van der Waals surface area (Å²) in [6, 6.07) is 11.4. The standard InChI is InChI=1S/C14H11ClFNO/c15-10-5-6-13(16)12(8-10)11-4-2-1-3-9(11)7-14(17)18/h1-6,8H,7H2,(H2,17,18). The number of halogens is 2. The lowest BCUT2D eigenvalue weighted by Crippen LogP contribution is -2.14. The highest BCUT2D eigenvalue weighted by atomic mass is 35.5. The number of primary amides is 1. The van der Waals surface area contributed by atoms with E-state index in [0.717, 1.165) is 0 Å². The van der Waals surface area contributed by atoms with Gasteiger partial charge < -0.3 is 5.73 Å². The van der Waals surface area contributed by atoms with Crippen molar-refractivity contribution in [2.24, 2.45) is 5.73 Å². The van der Waals surface area contributed by atoms with Gasteiger partial charge in [0, 0.05) is 10.6 Å². The van der Waals surface area contributed by atoms with Crippen LogP contribution in [0.25, 0.3) is 11.1 Å². The molecule has 0 aliphatic heterocycles. The van der Waals surface area contributed by atoms with Crippen molar-refractivity contribution in [2.45, 2.75) is 6.42 Å². The highest BCUT2D eigenvalue weighted by Gasteiger charge is 2.11. The first-order chi connectivity index (χ1) is 8.58. The van der Waals surface area contributed by atoms with Crippen LogP contribution in [0.4, 0.5) is 4.39 Å². The molecule has 0 aliphatic rings. The number of benzene rings is 2. The van der Waals surface area contributed by atoms with Crippen LogP contribution in [0.5, 0.6) is 0 Å². The molecule has 0 spiro atoms. The molecule has 0 saturated heterocycles. The fourth-order valence-corrected chi connectivity index (χ4v) is 2.00. The second kappa shape index (κ2) is 5.19. The second-order valence-electron chi connectivity index (χ2n) is 3.92. The van der Waals surface area contributed by atoms with E-state index >= 15 is 0 Å². The van der Waals surface area contributed by atoms with Crippen molar-refractivity contribution >= 4 is 17.5 Å². The lowest BCUT2D eigenvalue weighted by molar-refractivity contribution is -0.117. The van der Waals surface area contributed by atoms with Crippen LogP contribution in [0.15, 0.2) is 42.5 Å². The van der Waals surface area contributed by atoms with E-state index in [2.05, 4.69) is 0 Å². The lowest BCUT2D eigenvalue weighted by Gasteiger charge is -2.09. The Morgan fingerprint density at radius 1 is 1.17 bits per heavy atom. The summed E-state index contributed by atoms with van der Waals surface area (Å²) in [6.45, 7) is 0. The molecule has 0 fully saturated rings. The van der Waals surface area contributed by atoms with E-state index in [9.17, 15) is 9.18 Å². The third kappa shape index (κ3) is 2.68. The predicted octanol–water partition coefficient (Wildman–Crippen LogP) is 3.17. The molecular weight excluding hydrogens is 253 g/mol. The summed E-state index contributed by atoms with van der Waals surface area (Å²) in [7, 11) is 0. The molecule has 2 nitrogen and oxygen atoms in total. The molecule has 2 aromatic carbocycles. The Hall–Kier alpha value is -1.87. The number of hydrogen-bond donors (Lipinski definition) is 1. The molecule has 0 unspecified atom stereocenters. The Morgan fingerprint density at radius 2 is 1.89 bits per heavy atom. The third-order valence-electron chi connectivity index (χ3n) is 2.60. The van der Waals surface area contributed by atoms with Crippen molar-refractivity contribution in [3.63, 3.8) is 0 Å². The molecule has 1 amide bonds. The van der Waals surface area contributed by atoms with Crippen LogP contribution in [0.1, 0.15) is 5.56 Å². The second-order valence-corrected chi connectivity index (χ2v) is 4.36. The minimum Gasteiger partial charge on any atom is -0.369 e. The number of hydrogen-bond acceptors (Lipinski definition) is 1. The van der Waals surface area contributed by atoms with Gasteiger partial charge in [0.15, 0.2) is 0 Å². The van der Waals surface area contributed by atoms with Crippen LogP contribution in [0.2, 0.25) is 5.02 Å². The molecule has 0 atom stereocenters. The average Bonchev–Trinajstić information content (AvgIpc) is 2.32. The van der Waals surface area contributed by atoms with Crippen LogP contribution in [0.3, 0.4) is 0 Å². The number of amides is 1. The highest BCUT2D eigenvalue weighted by molar-refractivity contribution is 6.30. The fourth-order valence-electron chi connectivity index (χ4n) is 1.83. The van der Waals surface area contributed by atoms with Gasteiger partial charge in [-0.15, -0.1) is 0 Å². The van der Waals surface area contributed by atoms with Crippen LogP contribution in [-0.4, -0.2) is 5.91 Å². The Morgan fingerprint density at radius 3 is 2.61 bits per heavy atom. The van der Waals surface area contributed by atoms with Crippen LogP contribution < -0.4 is 5.73 Å². The largest absolute Gasteiger partial charge is 0.369 e. The molecule has 4 heteroatoms. The Balaban J connectivity index is 2.56. The number of nitrogens with two attached hydrogens (primary N) is 1. The molecule has 2 aromatic rings. The summed E-state index contributed by atoms with van der Waals surface area (Å²) in [6.07, 6.45) is 0.0716. The first-order valence-corrected chi connectivity index (χ1v) is 5.77. The van der Waals surface area contributed by atoms with E-state index in [4.69, 9.17) is 17.3 Å². The maximum atomic E-state index is 13.8. The Kier molecular flexibility index (Phi) is 3.63. The van der Waals surface area contributed by atoms with Gasteiger partial charge in [0.05, 0.1) is 6.42 Å². The number of carbonyl (C=O) groups is 1. The molecule has 2 rings (SSSR count). The summed E-state index contributed by atoms with van der Waals surface area (Å²) in [4.78, 5) is 11.0. The zero-order valence-corrected chi connectivity index (χ0v) is 10.2. The first kappa shape index (κ1) is 12.6. The van der Waals surface area contributed by atoms with E-state index in [1.807, 2.05) is 0 Å². The average molecular weight is 264 g/mol. The first-order valence-electron chi connectivity index (χ1n) is 5.39. The molecule has 0 radical (unpaired) electrons. The highest BCUT2D eigenvalue weighted by Crippen LogP contribution is 2.29. The van der Waals surface area contributed by atoms with Crippen LogP contribution in [0, 0.1) is 5.82 Å². The van der Waals surface area contributed by atoms with E-state index in [1.54, 1.807) is 24.3 Å². The van der Waals surface area contributed by atoms with Crippen LogP contribution in [-0.2, 0) is 11.2 Å². The molecule has 0 aliphatic carbocycles. The zero-order valence-electron chi connectivity index (χ0n) is 9.49. The maximum Gasteiger partial charge on any atom is 0.221 e. The fraction of sp³-hybridized carbons (Fsp3) is 0.0714. The van der Waals surface area contributed by atoms with Crippen molar-refractivity contribution in [1.29, 1.82) is 0 Å². The molecule has 0 saturated carbocycles. The monoisotopic (exact) mass is 263 g/mol. The van der Waals surface area contributed by atoms with E-state index in [-0.39, 0.29) is 12.2 Å². The van der Waals surface area contributed by atoms with Gasteiger partial charge in [-0.25, -0.2) is 4.39 Å². The summed E-state index contributed by atoms with van der Waals surface area (Å²) in [5, 5.41) is 0.445. The quantitative estimate of drug-likeness (QED) is 0.908. The Labute approximate surface area is 109 Å². The SMILES string of the molecule is NC(=O)Cc1ccccc1-c1cc(Cl)ccc1F. The van der Waals surface area contributed by atoms with E-state index in [0.29, 0.717) is 21.7 Å². The van der Waals surface area contributed by atoms with Gasteiger partial charge in [0.2, 0.25) is 5.91 Å². The van der Waals surface area contributed by atoms with Gasteiger partial charge in [0.1, 0.15) is 5.82 Å². The normalized spacial score (nSPS) is 10.3. The van der Waals surface area contributed by atoms with Gasteiger partial charge in [0.25, 0.3) is 0 Å². The van der Waals surface area contributed by atoms with Crippen LogP contribution >= 0.6 is 11.6 Å². The minimum atomic E-state index is -0.454. The summed E-state index contributed by atoms with van der Waals surface area (Å²) < 4.78 is 13.8. The topological polar surface area (TPSA) is 43.1 Å². The molecule has 0 heterocycles. The maximum absolute atomic E-state index is 13.8. The van der Waals surface area contributed by atoms with E-state index in [1.165, 1.54) is 18.2 Å². The molecule has 0 bridgehead atoms. The van der Waals surface area contributed by atoms with Crippen molar-refractivity contribution in [3.05, 3.63) is 58.9 Å². The number of rotatable bonds is 3. The van der Waals surface area contributed by atoms with E-state index < -0.39 is 5.91 Å². The predicted molar refractivity (Wildman–Crippen MR) is 69.7 cm³/mol. The van der Waals surface area contributed by atoms with Gasteiger partial charge in [-0.3, -0.25) is 4.79 Å². The van der Waals surface area contributed by atoms with Crippen molar-refractivity contribution < 1.29 is 9.18 Å². The minimum absolute atomic E-state index is 0.0716. The number of carbonyl (C=O) groups excluding carboxylic acids is 1. The molecular formula is C14H11ClFNO. The van der Waals surface area contributed by atoms with Crippen molar-refractivity contribution in [1.82, 2.24) is 0 Å². The third-order valence-corrected chi connectivity index (χ3v) is 2.84. The molecule has 0 aromatic heterocycles. The molecule has 2 N–H and O–H groups in total. The van der Waals surface area contributed by atoms with Crippen molar-refractivity contribution in [2.75, 3.05) is 0 Å². The molecule has 92 valence electrons.